The molecule has 0 aliphatic carbocycles. The first kappa shape index (κ1) is 35.8. The maximum absolute atomic E-state index is 12.6. The van der Waals surface area contributed by atoms with Gasteiger partial charge in [-0.15, -0.1) is 0 Å². The van der Waals surface area contributed by atoms with Gasteiger partial charge in [0.25, 0.3) is 7.82 Å². The van der Waals surface area contributed by atoms with E-state index in [9.17, 15) is 17.9 Å². The van der Waals surface area contributed by atoms with Crippen LogP contribution in [0.1, 0.15) is 63.9 Å². The Morgan fingerprint density at radius 3 is 2.21 bits per heavy atom. The number of ether oxygens (including phenoxy) is 2. The summed E-state index contributed by atoms with van der Waals surface area (Å²) in [5, 5.41) is 0. The maximum Gasteiger partial charge on any atom is 1.00 e. The average Bonchev–Trinajstić information content (AvgIpc) is 2.89. The molecule has 1 N–H and O–H groups in total. The minimum atomic E-state index is -4.52. The van der Waals surface area contributed by atoms with Crippen LogP contribution in [0.5, 0.6) is 11.5 Å². The van der Waals surface area contributed by atoms with E-state index in [0.717, 1.165) is 31.9 Å². The molecule has 9 nitrogen and oxygen atoms in total. The molecule has 0 saturated carbocycles. The largest absolute Gasteiger partial charge is 1.00 e. The van der Waals surface area contributed by atoms with Crippen LogP contribution in [-0.4, -0.2) is 40.5 Å². The van der Waals surface area contributed by atoms with E-state index in [4.69, 9.17) is 14.0 Å². The summed E-state index contributed by atoms with van der Waals surface area (Å²) in [6.45, 7) is 1.81. The molecule has 2 atom stereocenters. The van der Waals surface area contributed by atoms with E-state index in [0.29, 0.717) is 17.9 Å². The minimum absolute atomic E-state index is 0. The molecule has 0 aromatic heterocycles. The summed E-state index contributed by atoms with van der Waals surface area (Å²) >= 11 is 0. The number of para-hydroxylation sites is 1. The molecule has 0 amide bonds. The van der Waals surface area contributed by atoms with Gasteiger partial charge in [0.1, 0.15) is 11.5 Å². The Kier molecular flexibility index (Phi) is 18.2. The van der Waals surface area contributed by atoms with Crippen molar-refractivity contribution in [3.63, 3.8) is 0 Å². The third kappa shape index (κ3) is 16.6. The van der Waals surface area contributed by atoms with E-state index in [1.165, 1.54) is 25.7 Å². The summed E-state index contributed by atoms with van der Waals surface area (Å²) in [5.74, 6) is 1.29. The normalized spacial score (nSPS) is 13.8. The Labute approximate surface area is 245 Å². The molecule has 0 fully saturated rings. The van der Waals surface area contributed by atoms with Gasteiger partial charge in [-0.2, -0.15) is 0 Å². The number of nitrogens with one attached hydrogen (secondary N) is 1. The van der Waals surface area contributed by atoms with E-state index in [-0.39, 0.29) is 37.8 Å². The molecule has 0 aliphatic rings. The van der Waals surface area contributed by atoms with Crippen LogP contribution in [0.2, 0.25) is 0 Å². The number of benzene rings is 2. The van der Waals surface area contributed by atoms with Crippen molar-refractivity contribution >= 4 is 17.8 Å². The molecule has 2 aromatic rings. The van der Waals surface area contributed by atoms with Crippen molar-refractivity contribution in [2.45, 2.75) is 70.9 Å². The number of hydrogen-bond donors (Lipinski definition) is 1. The Balaban J connectivity index is 0.00000760. The molecule has 0 heterocycles. The summed E-state index contributed by atoms with van der Waals surface area (Å²) < 4.78 is 60.2. The van der Waals surface area contributed by atoms with E-state index >= 15 is 0 Å². The van der Waals surface area contributed by atoms with Gasteiger partial charge in [-0.1, -0.05) is 82.2 Å². The fraction of sp³-hybridized carbons (Fsp3) is 0.556. The molecular weight excluding hydrogens is 536 g/mol. The van der Waals surface area contributed by atoms with Crippen molar-refractivity contribution in [2.75, 3.05) is 26.1 Å². The van der Waals surface area contributed by atoms with Gasteiger partial charge >= 0.3 is 18.9 Å². The average molecular weight is 578 g/mol. The van der Waals surface area contributed by atoms with Crippen molar-refractivity contribution in [3.05, 3.63) is 60.2 Å². The second-order valence-corrected chi connectivity index (χ2v) is 12.5. The third-order valence-electron chi connectivity index (χ3n) is 5.74. The summed E-state index contributed by atoms with van der Waals surface area (Å²) in [6, 6.07) is 15.8. The van der Waals surface area contributed by atoms with Gasteiger partial charge in [-0.25, -0.2) is 13.1 Å². The van der Waals surface area contributed by atoms with E-state index in [1.807, 2.05) is 54.6 Å². The molecule has 2 aromatic carbocycles. The predicted molar refractivity (Wildman–Crippen MR) is 147 cm³/mol. The monoisotopic (exact) mass is 577 g/mol. The zero-order valence-electron chi connectivity index (χ0n) is 23.4. The van der Waals surface area contributed by atoms with Gasteiger partial charge in [-0.05, 0) is 36.2 Å². The fourth-order valence-electron chi connectivity index (χ4n) is 3.73. The molecule has 0 spiro atoms. The van der Waals surface area contributed by atoms with Crippen LogP contribution in [-0.2, 0) is 35.0 Å². The van der Waals surface area contributed by atoms with Crippen LogP contribution in [0.4, 0.5) is 0 Å². The van der Waals surface area contributed by atoms with E-state index < -0.39 is 30.5 Å². The van der Waals surface area contributed by atoms with Crippen molar-refractivity contribution in [3.8, 4) is 11.5 Å². The SMILES string of the molecule is CCCCCCCCCCS(=O)(=O)N[C@H](COCc1cccc(Oc2ccccc2)c1)COP(=O)([O-])OC.[Li+]. The van der Waals surface area contributed by atoms with Crippen LogP contribution in [0.25, 0.3) is 0 Å². The number of sulfonamides is 1. The van der Waals surface area contributed by atoms with E-state index in [2.05, 4.69) is 16.2 Å². The van der Waals surface area contributed by atoms with Crippen molar-refractivity contribution in [1.29, 1.82) is 0 Å². The molecule has 0 radical (unpaired) electrons. The second kappa shape index (κ2) is 19.8. The quantitative estimate of drug-likeness (QED) is 0.136. The Morgan fingerprint density at radius 1 is 0.897 bits per heavy atom. The van der Waals surface area contributed by atoms with Crippen molar-refractivity contribution < 1.29 is 55.3 Å². The second-order valence-electron chi connectivity index (χ2n) is 9.11. The van der Waals surface area contributed by atoms with Crippen LogP contribution >= 0.6 is 7.82 Å². The zero-order valence-corrected chi connectivity index (χ0v) is 25.1. The Bertz CT molecular complexity index is 1070. The summed E-state index contributed by atoms with van der Waals surface area (Å²) in [4.78, 5) is 11.6. The molecule has 0 bridgehead atoms. The summed E-state index contributed by atoms with van der Waals surface area (Å²) in [7, 11) is -7.20. The molecule has 0 saturated heterocycles. The number of unbranched alkanes of at least 4 members (excludes halogenated alkanes) is 7. The van der Waals surface area contributed by atoms with Gasteiger partial charge in [-0.3, -0.25) is 4.57 Å². The number of hydrogen-bond acceptors (Lipinski definition) is 8. The predicted octanol–water partition coefficient (Wildman–Crippen LogP) is 2.56. The standard InChI is InChI=1S/C27H42NO8PS.Li/c1-3-4-5-6-7-8-9-13-19-38(31,32)28-25(23-35-37(29,30)33-2)22-34-21-24-15-14-18-27(20-24)36-26-16-11-10-12-17-26;/h10-12,14-18,20,25,28H,3-9,13,19,21-23H2,1-2H3,(H,29,30);/q;+1/p-1/t25-;/m1./s1. The molecular formula is C27H41LiNO8PS. The van der Waals surface area contributed by atoms with Gasteiger partial charge in [0, 0.05) is 7.11 Å². The molecule has 12 heteroatoms. The van der Waals surface area contributed by atoms with Crippen molar-refractivity contribution in [2.24, 2.45) is 0 Å². The molecule has 214 valence electrons. The van der Waals surface area contributed by atoms with Crippen LogP contribution < -0.4 is 33.2 Å². The molecule has 0 aliphatic heterocycles. The first-order valence-electron chi connectivity index (χ1n) is 13.1. The van der Waals surface area contributed by atoms with Crippen molar-refractivity contribution in [1.82, 2.24) is 4.72 Å². The number of phosphoric acid groups is 1. The smallest absolute Gasteiger partial charge is 0.756 e. The van der Waals surface area contributed by atoms with Gasteiger partial charge in [0.15, 0.2) is 0 Å². The topological polar surface area (TPSA) is 123 Å². The van der Waals surface area contributed by atoms with Gasteiger partial charge < -0.3 is 23.4 Å². The summed E-state index contributed by atoms with van der Waals surface area (Å²) in [6.07, 6.45) is 8.27. The third-order valence-corrected chi connectivity index (χ3v) is 8.17. The fourth-order valence-corrected chi connectivity index (χ4v) is 5.55. The van der Waals surface area contributed by atoms with Gasteiger partial charge in [0.05, 0.1) is 31.6 Å². The van der Waals surface area contributed by atoms with Crippen LogP contribution in [0, 0.1) is 0 Å². The summed E-state index contributed by atoms with van der Waals surface area (Å²) in [5.41, 5.74) is 0.811. The Morgan fingerprint density at radius 2 is 1.54 bits per heavy atom. The first-order chi connectivity index (χ1) is 18.2. The molecule has 2 rings (SSSR count). The van der Waals surface area contributed by atoms with Crippen LogP contribution in [0.15, 0.2) is 54.6 Å². The minimum Gasteiger partial charge on any atom is -0.756 e. The first-order valence-corrected chi connectivity index (χ1v) is 16.2. The molecule has 39 heavy (non-hydrogen) atoms. The van der Waals surface area contributed by atoms with Gasteiger partial charge in [0.2, 0.25) is 10.0 Å². The van der Waals surface area contributed by atoms with Crippen LogP contribution in [0.3, 0.4) is 0 Å². The maximum atomic E-state index is 12.6. The number of rotatable bonds is 21. The zero-order chi connectivity index (χ0) is 27.7. The molecule has 1 unspecified atom stereocenters. The van der Waals surface area contributed by atoms with E-state index in [1.54, 1.807) is 0 Å². The number of phosphoric ester groups is 1. The Hall–Kier alpha value is -1.18.